The van der Waals surface area contributed by atoms with Crippen molar-refractivity contribution in [2.45, 2.75) is 27.7 Å². The highest BCUT2D eigenvalue weighted by Crippen LogP contribution is 2.08. The third-order valence-corrected chi connectivity index (χ3v) is 0.893. The van der Waals surface area contributed by atoms with E-state index in [1.165, 1.54) is 6.08 Å². The first-order chi connectivity index (χ1) is 4.04. The summed E-state index contributed by atoms with van der Waals surface area (Å²) in [5.74, 6) is -0.116. The smallest absolute Gasteiger partial charge is 0.121 e. The minimum Gasteiger partial charge on any atom is -0.207 e. The second-order valence-electron chi connectivity index (χ2n) is 2.57. The van der Waals surface area contributed by atoms with Crippen molar-refractivity contribution in [2.24, 2.45) is 0 Å². The summed E-state index contributed by atoms with van der Waals surface area (Å²) in [6.45, 7) is 7.27. The quantitative estimate of drug-likeness (QED) is 0.475. The molecule has 0 radical (unpaired) electrons. The van der Waals surface area contributed by atoms with E-state index in [9.17, 15) is 4.39 Å². The van der Waals surface area contributed by atoms with Gasteiger partial charge in [0.2, 0.25) is 0 Å². The van der Waals surface area contributed by atoms with Gasteiger partial charge in [-0.2, -0.15) is 0 Å². The molecular weight excluding hydrogens is 115 g/mol. The highest BCUT2D eigenvalue weighted by molar-refractivity contribution is 5.19. The van der Waals surface area contributed by atoms with Gasteiger partial charge < -0.3 is 0 Å². The summed E-state index contributed by atoms with van der Waals surface area (Å²) in [5, 5.41) is 0. The van der Waals surface area contributed by atoms with Crippen LogP contribution >= 0.6 is 0 Å². The molecule has 1 heteroatoms. The Bertz CT molecular complexity index is 144. The van der Waals surface area contributed by atoms with Crippen molar-refractivity contribution in [1.82, 2.24) is 0 Å². The molecular formula is C8H13F. The van der Waals surface area contributed by atoms with Crippen LogP contribution in [0.2, 0.25) is 0 Å². The van der Waals surface area contributed by atoms with Crippen LogP contribution in [0.1, 0.15) is 27.7 Å². The fraction of sp³-hybridized carbons (Fsp3) is 0.500. The number of hydrogen-bond donors (Lipinski definition) is 0. The van der Waals surface area contributed by atoms with Gasteiger partial charge in [-0.3, -0.25) is 0 Å². The molecule has 0 heterocycles. The van der Waals surface area contributed by atoms with Gasteiger partial charge in [0.05, 0.1) is 0 Å². The zero-order valence-electron chi connectivity index (χ0n) is 6.46. The second kappa shape index (κ2) is 3.44. The molecule has 0 N–H and O–H groups in total. The Balaban J connectivity index is 4.25. The first-order valence-electron chi connectivity index (χ1n) is 3.02. The van der Waals surface area contributed by atoms with Crippen molar-refractivity contribution < 1.29 is 4.39 Å². The lowest BCUT2D eigenvalue weighted by atomic mass is 10.2. The maximum atomic E-state index is 12.6. The van der Waals surface area contributed by atoms with Crippen molar-refractivity contribution >= 4 is 0 Å². The molecule has 9 heavy (non-hydrogen) atoms. The molecule has 0 spiro atoms. The molecule has 0 bridgehead atoms. The lowest BCUT2D eigenvalue weighted by Crippen LogP contribution is -1.72. The Hall–Kier alpha value is -0.590. The minimum absolute atomic E-state index is 0.116. The predicted octanol–water partition coefficient (Wildman–Crippen LogP) is 3.22. The van der Waals surface area contributed by atoms with Crippen molar-refractivity contribution in [3.63, 3.8) is 0 Å². The SMILES string of the molecule is CC(C)=CC(F)=C(C)C. The Morgan fingerprint density at radius 2 is 1.56 bits per heavy atom. The minimum atomic E-state index is -0.116. The van der Waals surface area contributed by atoms with E-state index in [2.05, 4.69) is 0 Å². The number of rotatable bonds is 1. The van der Waals surface area contributed by atoms with Gasteiger partial charge in [0.1, 0.15) is 5.83 Å². The van der Waals surface area contributed by atoms with Crippen LogP contribution in [0.25, 0.3) is 0 Å². The van der Waals surface area contributed by atoms with E-state index in [1.807, 2.05) is 13.8 Å². The van der Waals surface area contributed by atoms with Crippen LogP contribution in [0.4, 0.5) is 4.39 Å². The molecule has 0 aromatic heterocycles. The molecule has 0 aliphatic carbocycles. The first-order valence-corrected chi connectivity index (χ1v) is 3.02. The average Bonchev–Trinajstić information content (AvgIpc) is 1.63. The molecule has 0 aromatic rings. The summed E-state index contributed by atoms with van der Waals surface area (Å²) in [5.41, 5.74) is 1.73. The van der Waals surface area contributed by atoms with Crippen molar-refractivity contribution in [3.8, 4) is 0 Å². The van der Waals surface area contributed by atoms with Crippen molar-refractivity contribution in [3.05, 3.63) is 23.0 Å². The maximum absolute atomic E-state index is 12.6. The first kappa shape index (κ1) is 8.41. The third-order valence-electron chi connectivity index (χ3n) is 0.893. The normalized spacial score (nSPS) is 8.56. The predicted molar refractivity (Wildman–Crippen MR) is 38.9 cm³/mol. The fourth-order valence-corrected chi connectivity index (χ4v) is 0.398. The van der Waals surface area contributed by atoms with Gasteiger partial charge in [-0.15, -0.1) is 0 Å². The van der Waals surface area contributed by atoms with E-state index >= 15 is 0 Å². The summed E-state index contributed by atoms with van der Waals surface area (Å²) in [6.07, 6.45) is 1.54. The van der Waals surface area contributed by atoms with E-state index in [0.717, 1.165) is 11.1 Å². The van der Waals surface area contributed by atoms with Crippen LogP contribution in [-0.2, 0) is 0 Å². The molecule has 0 amide bonds. The summed E-state index contributed by atoms with van der Waals surface area (Å²) >= 11 is 0. The largest absolute Gasteiger partial charge is 0.207 e. The van der Waals surface area contributed by atoms with Gasteiger partial charge in [-0.1, -0.05) is 5.57 Å². The highest BCUT2D eigenvalue weighted by atomic mass is 19.1. The lowest BCUT2D eigenvalue weighted by molar-refractivity contribution is 0.652. The molecule has 0 aromatic carbocycles. The zero-order chi connectivity index (χ0) is 7.44. The molecule has 0 saturated carbocycles. The topological polar surface area (TPSA) is 0 Å². The van der Waals surface area contributed by atoms with Gasteiger partial charge in [0, 0.05) is 0 Å². The highest BCUT2D eigenvalue weighted by Gasteiger charge is 1.89. The molecule has 0 fully saturated rings. The molecule has 0 atom stereocenters. The Labute approximate surface area is 56.1 Å². The molecule has 0 aliphatic heterocycles. The monoisotopic (exact) mass is 128 g/mol. The van der Waals surface area contributed by atoms with Crippen molar-refractivity contribution in [1.29, 1.82) is 0 Å². The molecule has 0 nitrogen and oxygen atoms in total. The van der Waals surface area contributed by atoms with Crippen LogP contribution in [0.5, 0.6) is 0 Å². The number of allylic oxidation sites excluding steroid dienone is 4. The molecule has 0 rings (SSSR count). The van der Waals surface area contributed by atoms with Crippen LogP contribution in [0, 0.1) is 0 Å². The van der Waals surface area contributed by atoms with E-state index in [4.69, 9.17) is 0 Å². The Morgan fingerprint density at radius 1 is 1.11 bits per heavy atom. The standard InChI is InChI=1S/C8H13F/c1-6(2)5-8(9)7(3)4/h5H,1-4H3. The van der Waals surface area contributed by atoms with Gasteiger partial charge in [-0.25, -0.2) is 4.39 Å². The van der Waals surface area contributed by atoms with Gasteiger partial charge in [0.25, 0.3) is 0 Å². The number of hydrogen-bond acceptors (Lipinski definition) is 0. The second-order valence-corrected chi connectivity index (χ2v) is 2.57. The van der Waals surface area contributed by atoms with E-state index in [0.29, 0.717) is 0 Å². The third kappa shape index (κ3) is 3.95. The van der Waals surface area contributed by atoms with E-state index in [-0.39, 0.29) is 5.83 Å². The van der Waals surface area contributed by atoms with Crippen LogP contribution in [0.3, 0.4) is 0 Å². The van der Waals surface area contributed by atoms with Crippen LogP contribution < -0.4 is 0 Å². The summed E-state index contributed by atoms with van der Waals surface area (Å²) < 4.78 is 12.6. The number of halogens is 1. The summed E-state index contributed by atoms with van der Waals surface area (Å²) in [4.78, 5) is 0. The molecule has 0 unspecified atom stereocenters. The van der Waals surface area contributed by atoms with Crippen LogP contribution in [-0.4, -0.2) is 0 Å². The average molecular weight is 128 g/mol. The lowest BCUT2D eigenvalue weighted by Gasteiger charge is -1.91. The van der Waals surface area contributed by atoms with Crippen LogP contribution in [0.15, 0.2) is 23.0 Å². The van der Waals surface area contributed by atoms with Gasteiger partial charge >= 0.3 is 0 Å². The van der Waals surface area contributed by atoms with Gasteiger partial charge in [-0.05, 0) is 39.3 Å². The Kier molecular flexibility index (Phi) is 3.21. The van der Waals surface area contributed by atoms with E-state index < -0.39 is 0 Å². The molecule has 0 saturated heterocycles. The summed E-state index contributed by atoms with van der Waals surface area (Å²) in [6, 6.07) is 0. The van der Waals surface area contributed by atoms with Crippen molar-refractivity contribution in [2.75, 3.05) is 0 Å². The fourth-order valence-electron chi connectivity index (χ4n) is 0.398. The molecule has 0 aliphatic rings. The molecule has 52 valence electrons. The zero-order valence-corrected chi connectivity index (χ0v) is 6.46. The Morgan fingerprint density at radius 3 is 1.67 bits per heavy atom. The van der Waals surface area contributed by atoms with E-state index in [1.54, 1.807) is 13.8 Å². The summed E-state index contributed by atoms with van der Waals surface area (Å²) in [7, 11) is 0. The maximum Gasteiger partial charge on any atom is 0.121 e. The van der Waals surface area contributed by atoms with Gasteiger partial charge in [0.15, 0.2) is 0 Å².